The van der Waals surface area contributed by atoms with Gasteiger partial charge in [0.05, 0.1) is 11.0 Å². The van der Waals surface area contributed by atoms with Gasteiger partial charge in [0.1, 0.15) is 0 Å². The molecule has 4 nitrogen and oxygen atoms in total. The molecule has 0 aliphatic carbocycles. The van der Waals surface area contributed by atoms with Gasteiger partial charge >= 0.3 is 0 Å². The van der Waals surface area contributed by atoms with Crippen LogP contribution >= 0.6 is 0 Å². The van der Waals surface area contributed by atoms with E-state index in [-0.39, 0.29) is 0 Å². The predicted octanol–water partition coefficient (Wildman–Crippen LogP) is 0.713. The van der Waals surface area contributed by atoms with Gasteiger partial charge in [0.2, 0.25) is 0 Å². The Bertz CT molecular complexity index is 641. The van der Waals surface area contributed by atoms with Crippen LogP contribution in [0.2, 0.25) is 0 Å². The van der Waals surface area contributed by atoms with Crippen molar-refractivity contribution in [1.29, 1.82) is 0 Å². The Morgan fingerprint density at radius 3 is 3.06 bits per heavy atom. The highest BCUT2D eigenvalue weighted by atomic mass is 16.5. The molecule has 4 heteroatoms. The zero-order valence-electron chi connectivity index (χ0n) is 8.41. The number of allylic oxidation sites excluding steroid dienone is 2. The summed E-state index contributed by atoms with van der Waals surface area (Å²) in [6, 6.07) is 3.77. The number of hydrogen-bond acceptors (Lipinski definition) is 4. The average Bonchev–Trinajstić information content (AvgIpc) is 2.71. The standard InChI is InChI=1S/C12H9N3O/c16-15-4-2-1-3-14-11-5-9-7-13-8-10(9)6-12(11)15/h1-8,16H. The molecule has 0 aromatic heterocycles. The molecule has 2 aliphatic rings. The summed E-state index contributed by atoms with van der Waals surface area (Å²) in [6.45, 7) is 0. The zero-order valence-corrected chi connectivity index (χ0v) is 8.41. The van der Waals surface area contributed by atoms with Crippen LogP contribution in [-0.2, 0) is 0 Å². The van der Waals surface area contributed by atoms with Crippen molar-refractivity contribution in [2.75, 3.05) is 5.06 Å². The van der Waals surface area contributed by atoms with E-state index in [1.165, 1.54) is 0 Å². The van der Waals surface area contributed by atoms with Crippen LogP contribution in [0.15, 0.2) is 46.7 Å². The molecular weight excluding hydrogens is 202 g/mol. The molecule has 0 unspecified atom stereocenters. The highest BCUT2D eigenvalue weighted by Crippen LogP contribution is 2.07. The number of hydrogen-bond donors (Lipinski definition) is 1. The van der Waals surface area contributed by atoms with Gasteiger partial charge in [-0.3, -0.25) is 15.2 Å². The van der Waals surface area contributed by atoms with Crippen molar-refractivity contribution in [3.8, 4) is 0 Å². The summed E-state index contributed by atoms with van der Waals surface area (Å²) in [7, 11) is 0. The van der Waals surface area contributed by atoms with Crippen LogP contribution in [0.4, 0.5) is 5.69 Å². The largest absolute Gasteiger partial charge is 0.284 e. The van der Waals surface area contributed by atoms with Gasteiger partial charge in [-0.15, -0.1) is 0 Å². The van der Waals surface area contributed by atoms with E-state index in [1.54, 1.807) is 37.0 Å². The molecule has 0 spiro atoms. The van der Waals surface area contributed by atoms with Crippen molar-refractivity contribution in [3.05, 3.63) is 52.8 Å². The lowest BCUT2D eigenvalue weighted by molar-refractivity contribution is 0.295. The minimum atomic E-state index is 0.654. The van der Waals surface area contributed by atoms with Gasteiger partial charge in [0.15, 0.2) is 0 Å². The van der Waals surface area contributed by atoms with E-state index in [0.29, 0.717) is 5.69 Å². The third-order valence-electron chi connectivity index (χ3n) is 2.49. The molecule has 0 saturated heterocycles. The smallest absolute Gasteiger partial charge is 0.0949 e. The summed E-state index contributed by atoms with van der Waals surface area (Å²) in [6.07, 6.45) is 10.3. The van der Waals surface area contributed by atoms with Crippen molar-refractivity contribution in [1.82, 2.24) is 0 Å². The van der Waals surface area contributed by atoms with Gasteiger partial charge in [-0.05, 0) is 24.3 Å². The number of hydroxylamine groups is 1. The average molecular weight is 211 g/mol. The lowest BCUT2D eigenvalue weighted by Gasteiger charge is -2.13. The molecule has 1 N–H and O–H groups in total. The number of benzene rings is 1. The van der Waals surface area contributed by atoms with Crippen LogP contribution < -0.4 is 15.6 Å². The third kappa shape index (κ3) is 1.36. The van der Waals surface area contributed by atoms with Crippen molar-refractivity contribution in [3.63, 3.8) is 0 Å². The summed E-state index contributed by atoms with van der Waals surface area (Å²) in [5, 5.41) is 12.6. The summed E-state index contributed by atoms with van der Waals surface area (Å²) >= 11 is 0. The SMILES string of the molecule is ON1C=CC=CN=c2cc3c(cc21)=CN=C3. The van der Waals surface area contributed by atoms with Crippen LogP contribution in [0.1, 0.15) is 5.56 Å². The Hall–Kier alpha value is -2.20. The molecule has 16 heavy (non-hydrogen) atoms. The Morgan fingerprint density at radius 1 is 1.19 bits per heavy atom. The second-order valence-electron chi connectivity index (χ2n) is 3.53. The zero-order chi connectivity index (χ0) is 11.0. The van der Waals surface area contributed by atoms with E-state index in [0.717, 1.165) is 21.2 Å². The molecular formula is C12H9N3O. The molecule has 2 aliphatic heterocycles. The van der Waals surface area contributed by atoms with Crippen LogP contribution in [0.25, 0.3) is 6.20 Å². The first-order chi connectivity index (χ1) is 7.84. The fourth-order valence-corrected chi connectivity index (χ4v) is 1.70. The fraction of sp³-hybridized carbons (Fsp3) is 0. The summed E-state index contributed by atoms with van der Waals surface area (Å²) in [4.78, 5) is 8.33. The maximum absolute atomic E-state index is 9.80. The van der Waals surface area contributed by atoms with Crippen LogP contribution in [0.5, 0.6) is 0 Å². The van der Waals surface area contributed by atoms with Crippen molar-refractivity contribution < 1.29 is 5.21 Å². The number of anilines is 1. The van der Waals surface area contributed by atoms with Crippen molar-refractivity contribution in [2.24, 2.45) is 9.98 Å². The number of fused-ring (bicyclic) bond motifs is 2. The predicted molar refractivity (Wildman–Crippen MR) is 61.8 cm³/mol. The highest BCUT2D eigenvalue weighted by molar-refractivity contribution is 5.86. The summed E-state index contributed by atoms with van der Waals surface area (Å²) < 4.78 is 0. The number of rotatable bonds is 0. The van der Waals surface area contributed by atoms with Gasteiger partial charge < -0.3 is 0 Å². The normalized spacial score (nSPS) is 15.9. The highest BCUT2D eigenvalue weighted by Gasteiger charge is 2.07. The maximum Gasteiger partial charge on any atom is 0.0949 e. The fourth-order valence-electron chi connectivity index (χ4n) is 1.70. The Balaban J connectivity index is 2.33. The molecule has 0 amide bonds. The lowest BCUT2D eigenvalue weighted by Crippen LogP contribution is -2.23. The van der Waals surface area contributed by atoms with Gasteiger partial charge in [0, 0.05) is 35.6 Å². The molecule has 0 atom stereocenters. The van der Waals surface area contributed by atoms with Crippen LogP contribution in [0, 0.1) is 0 Å². The number of nitrogens with zero attached hydrogens (tertiary/aromatic N) is 3. The lowest BCUT2D eigenvalue weighted by atomic mass is 10.1. The van der Waals surface area contributed by atoms with E-state index in [9.17, 15) is 5.21 Å². The quantitative estimate of drug-likeness (QED) is 0.687. The Kier molecular flexibility index (Phi) is 1.94. The van der Waals surface area contributed by atoms with E-state index in [1.807, 2.05) is 12.1 Å². The molecule has 0 bridgehead atoms. The van der Waals surface area contributed by atoms with E-state index in [4.69, 9.17) is 0 Å². The van der Waals surface area contributed by atoms with Crippen molar-refractivity contribution in [2.45, 2.75) is 0 Å². The van der Waals surface area contributed by atoms with Crippen molar-refractivity contribution >= 4 is 18.1 Å². The van der Waals surface area contributed by atoms with Gasteiger partial charge in [-0.25, -0.2) is 5.06 Å². The molecule has 0 saturated carbocycles. The molecule has 1 aromatic rings. The van der Waals surface area contributed by atoms with Crippen LogP contribution in [-0.4, -0.2) is 11.4 Å². The third-order valence-corrected chi connectivity index (χ3v) is 2.49. The maximum atomic E-state index is 9.80. The first kappa shape index (κ1) is 9.06. The molecule has 3 rings (SSSR count). The van der Waals surface area contributed by atoms with Gasteiger partial charge in [-0.2, -0.15) is 0 Å². The van der Waals surface area contributed by atoms with E-state index < -0.39 is 0 Å². The van der Waals surface area contributed by atoms with E-state index >= 15 is 0 Å². The van der Waals surface area contributed by atoms with Gasteiger partial charge in [-0.1, -0.05) is 0 Å². The van der Waals surface area contributed by atoms with Crippen LogP contribution in [0.3, 0.4) is 0 Å². The van der Waals surface area contributed by atoms with Gasteiger partial charge in [0.25, 0.3) is 0 Å². The molecule has 1 aromatic carbocycles. The topological polar surface area (TPSA) is 48.2 Å². The molecule has 2 heterocycles. The molecule has 0 radical (unpaired) electrons. The summed E-state index contributed by atoms with van der Waals surface area (Å²) in [5.41, 5.74) is 1.68. The Labute approximate surface area is 91.8 Å². The second-order valence-corrected chi connectivity index (χ2v) is 3.53. The Morgan fingerprint density at radius 2 is 2.12 bits per heavy atom. The minimum absolute atomic E-state index is 0.654. The van der Waals surface area contributed by atoms with E-state index in [2.05, 4.69) is 9.98 Å². The molecule has 78 valence electrons. The second kappa shape index (κ2) is 3.43. The first-order valence-electron chi connectivity index (χ1n) is 4.91. The number of aliphatic imine (C=N–C) groups is 1. The first-order valence-corrected chi connectivity index (χ1v) is 4.91. The molecule has 0 fully saturated rings. The summed E-state index contributed by atoms with van der Waals surface area (Å²) in [5.74, 6) is 0. The monoisotopic (exact) mass is 211 g/mol. The minimum Gasteiger partial charge on any atom is -0.284 e.